The van der Waals surface area contributed by atoms with Crippen LogP contribution in [-0.2, 0) is 0 Å². The summed E-state index contributed by atoms with van der Waals surface area (Å²) < 4.78 is 14.7. The van der Waals surface area contributed by atoms with Gasteiger partial charge in [-0.05, 0) is 48.5 Å². The number of hydrogen-bond acceptors (Lipinski definition) is 5. The predicted octanol–water partition coefficient (Wildman–Crippen LogP) is 13.7. The van der Waals surface area contributed by atoms with Crippen LogP contribution in [0.25, 0.3) is 131 Å². The van der Waals surface area contributed by atoms with Gasteiger partial charge in [-0.15, -0.1) is 11.3 Å². The molecule has 268 valence electrons. The Morgan fingerprint density at radius 1 is 0.397 bits per heavy atom. The molecule has 0 spiro atoms. The first-order valence-electron chi connectivity index (χ1n) is 19.5. The Labute approximate surface area is 333 Å². The van der Waals surface area contributed by atoms with E-state index in [0.717, 1.165) is 55.3 Å². The zero-order valence-electron chi connectivity index (χ0n) is 30.6. The molecular weight excluding hydrogens is 731 g/mol. The highest BCUT2D eigenvalue weighted by Gasteiger charge is 2.27. The van der Waals surface area contributed by atoms with Crippen molar-refractivity contribution >= 4 is 103 Å². The molecule has 6 nitrogen and oxygen atoms in total. The van der Waals surface area contributed by atoms with E-state index in [4.69, 9.17) is 19.4 Å². The van der Waals surface area contributed by atoms with Crippen LogP contribution in [0.4, 0.5) is 0 Å². The van der Waals surface area contributed by atoms with Crippen LogP contribution in [0.3, 0.4) is 0 Å². The fourth-order valence-corrected chi connectivity index (χ4v) is 10.8. The summed E-state index contributed by atoms with van der Waals surface area (Å²) in [5, 5.41) is 9.83. The summed E-state index contributed by atoms with van der Waals surface area (Å²) in [5.41, 5.74) is 11.2. The number of nitrogens with zero attached hydrogens (tertiary/aromatic N) is 5. The van der Waals surface area contributed by atoms with Crippen molar-refractivity contribution in [3.05, 3.63) is 164 Å². The first-order chi connectivity index (χ1) is 28.8. The van der Waals surface area contributed by atoms with Crippen LogP contribution in [0.15, 0.2) is 168 Å². The summed E-state index contributed by atoms with van der Waals surface area (Å²) in [4.78, 5) is 15.1. The second-order valence-corrected chi connectivity index (χ2v) is 16.2. The molecule has 0 bridgehead atoms. The van der Waals surface area contributed by atoms with Gasteiger partial charge in [-0.1, -0.05) is 115 Å². The van der Waals surface area contributed by atoms with Crippen LogP contribution in [0.2, 0.25) is 0 Å². The molecule has 0 saturated carbocycles. The smallest absolute Gasteiger partial charge is 0.167 e. The maximum atomic E-state index is 7.13. The predicted molar refractivity (Wildman–Crippen MR) is 239 cm³/mol. The Morgan fingerprint density at radius 3 is 1.81 bits per heavy atom. The largest absolute Gasteiger partial charge is 0.453 e. The average Bonchev–Trinajstić information content (AvgIpc) is 4.02. The van der Waals surface area contributed by atoms with Crippen LogP contribution < -0.4 is 0 Å². The molecule has 7 heteroatoms. The number of rotatable bonds is 4. The number of hydrogen-bond donors (Lipinski definition) is 0. The highest BCUT2D eigenvalue weighted by atomic mass is 32.1. The van der Waals surface area contributed by atoms with Crippen LogP contribution in [-0.4, -0.2) is 23.9 Å². The lowest BCUT2D eigenvalue weighted by Crippen LogP contribution is -2.00. The maximum Gasteiger partial charge on any atom is 0.167 e. The topological polar surface area (TPSA) is 61.2 Å². The zero-order chi connectivity index (χ0) is 37.6. The third kappa shape index (κ3) is 3.88. The van der Waals surface area contributed by atoms with Gasteiger partial charge in [-0.25, -0.2) is 15.0 Å². The Balaban J connectivity index is 1.08. The fourth-order valence-electron chi connectivity index (χ4n) is 9.71. The summed E-state index contributed by atoms with van der Waals surface area (Å²) in [6.45, 7) is 0. The van der Waals surface area contributed by atoms with E-state index >= 15 is 0 Å². The molecule has 0 aliphatic rings. The zero-order valence-corrected chi connectivity index (χ0v) is 31.5. The van der Waals surface area contributed by atoms with E-state index in [0.29, 0.717) is 17.5 Å². The Kier molecular flexibility index (Phi) is 5.82. The second-order valence-electron chi connectivity index (χ2n) is 15.1. The molecule has 0 unspecified atom stereocenters. The van der Waals surface area contributed by atoms with Gasteiger partial charge in [0.05, 0.1) is 38.8 Å². The highest BCUT2D eigenvalue weighted by molar-refractivity contribution is 7.26. The molecule has 0 amide bonds. The van der Waals surface area contributed by atoms with E-state index in [9.17, 15) is 0 Å². The van der Waals surface area contributed by atoms with Gasteiger partial charge in [-0.2, -0.15) is 0 Å². The van der Waals surface area contributed by atoms with E-state index in [1.807, 2.05) is 72.0 Å². The lowest BCUT2D eigenvalue weighted by atomic mass is 10.0. The molecule has 0 radical (unpaired) electrons. The SMILES string of the molecule is c1ccc(-c2nc(-c3ccccc3)nc(-c3cccc4c3oc3c(-n5c6ccc7sc8ccc9c%10ccccc%10n%10c%11cccc5c%11c6c7c8c9%10)cccc34)n2)cc1. The van der Waals surface area contributed by atoms with E-state index in [1.54, 1.807) is 0 Å². The van der Waals surface area contributed by atoms with E-state index in [1.165, 1.54) is 58.3 Å². The summed E-state index contributed by atoms with van der Waals surface area (Å²) in [6, 6.07) is 57.8. The number of fused-ring (bicyclic) bond motifs is 7. The lowest BCUT2D eigenvalue weighted by Gasteiger charge is -2.09. The van der Waals surface area contributed by atoms with Gasteiger partial charge in [0.1, 0.15) is 5.58 Å². The highest BCUT2D eigenvalue weighted by Crippen LogP contribution is 2.50. The van der Waals surface area contributed by atoms with Gasteiger partial charge in [-0.3, -0.25) is 0 Å². The number of aromatic nitrogens is 5. The molecule has 0 N–H and O–H groups in total. The Bertz CT molecular complexity index is 3910. The number of furan rings is 1. The van der Waals surface area contributed by atoms with Gasteiger partial charge < -0.3 is 13.4 Å². The molecular formula is C51H27N5OS. The molecule has 0 aliphatic carbocycles. The molecule has 6 aromatic heterocycles. The molecule has 14 rings (SSSR count). The number of thiophene rings is 1. The van der Waals surface area contributed by atoms with Crippen LogP contribution >= 0.6 is 11.3 Å². The molecule has 0 saturated heterocycles. The number of para-hydroxylation sites is 3. The summed E-state index contributed by atoms with van der Waals surface area (Å²) in [6.07, 6.45) is 0. The average molecular weight is 758 g/mol. The van der Waals surface area contributed by atoms with Gasteiger partial charge in [0.15, 0.2) is 23.1 Å². The van der Waals surface area contributed by atoms with Crippen molar-refractivity contribution in [3.8, 4) is 39.9 Å². The monoisotopic (exact) mass is 757 g/mol. The van der Waals surface area contributed by atoms with Crippen molar-refractivity contribution in [2.45, 2.75) is 0 Å². The second kappa shape index (κ2) is 11.0. The summed E-state index contributed by atoms with van der Waals surface area (Å²) >= 11 is 1.88. The molecule has 8 aromatic carbocycles. The third-order valence-corrected chi connectivity index (χ3v) is 13.2. The van der Waals surface area contributed by atoms with Gasteiger partial charge in [0, 0.05) is 63.6 Å². The molecule has 6 heterocycles. The first-order valence-corrected chi connectivity index (χ1v) is 20.3. The van der Waals surface area contributed by atoms with Crippen LogP contribution in [0, 0.1) is 0 Å². The minimum Gasteiger partial charge on any atom is -0.453 e. The van der Waals surface area contributed by atoms with E-state index in [-0.39, 0.29) is 0 Å². The van der Waals surface area contributed by atoms with Crippen molar-refractivity contribution in [2.75, 3.05) is 0 Å². The standard InChI is InChI=1S/C51H27N5OS/c1-3-12-28(13-4-1)49-52-50(29-14-5-2-6-15-29)54-51(53-49)34-19-9-17-32-33-18-10-23-39(48(33)57-47(32)34)55-36-21-11-22-37-42(36)43-38(55)25-27-40-44(43)45-41(58-40)26-24-31-30-16-7-8-20-35(30)56(37)46(31)45/h1-27H. The Hall–Kier alpha value is -7.61. The minimum absolute atomic E-state index is 0.565. The molecule has 14 aromatic rings. The van der Waals surface area contributed by atoms with E-state index < -0.39 is 0 Å². The minimum atomic E-state index is 0.565. The maximum absolute atomic E-state index is 7.13. The van der Waals surface area contributed by atoms with Crippen LogP contribution in [0.5, 0.6) is 0 Å². The summed E-state index contributed by atoms with van der Waals surface area (Å²) in [7, 11) is 0. The molecule has 0 fully saturated rings. The molecule has 58 heavy (non-hydrogen) atoms. The van der Waals surface area contributed by atoms with Crippen molar-refractivity contribution in [2.24, 2.45) is 0 Å². The Morgan fingerprint density at radius 2 is 1.00 bits per heavy atom. The van der Waals surface area contributed by atoms with Crippen molar-refractivity contribution in [1.82, 2.24) is 23.9 Å². The quantitative estimate of drug-likeness (QED) is 0.179. The van der Waals surface area contributed by atoms with E-state index in [2.05, 4.69) is 112 Å². The van der Waals surface area contributed by atoms with Crippen molar-refractivity contribution in [1.29, 1.82) is 0 Å². The number of benzene rings is 8. The fraction of sp³-hybridized carbons (Fsp3) is 0. The third-order valence-electron chi connectivity index (χ3n) is 12.1. The van der Waals surface area contributed by atoms with Gasteiger partial charge in [0.25, 0.3) is 0 Å². The lowest BCUT2D eigenvalue weighted by molar-refractivity contribution is 0.667. The summed E-state index contributed by atoms with van der Waals surface area (Å²) in [5.74, 6) is 1.79. The van der Waals surface area contributed by atoms with Crippen LogP contribution in [0.1, 0.15) is 0 Å². The van der Waals surface area contributed by atoms with Gasteiger partial charge in [0.2, 0.25) is 0 Å². The van der Waals surface area contributed by atoms with Crippen molar-refractivity contribution < 1.29 is 4.42 Å². The van der Waals surface area contributed by atoms with Crippen molar-refractivity contribution in [3.63, 3.8) is 0 Å². The molecule has 0 aliphatic heterocycles. The van der Waals surface area contributed by atoms with Gasteiger partial charge >= 0.3 is 0 Å². The molecule has 0 atom stereocenters. The normalized spacial score (nSPS) is 12.5. The first kappa shape index (κ1) is 30.6.